The fourth-order valence-electron chi connectivity index (χ4n) is 1.75. The van der Waals surface area contributed by atoms with Gasteiger partial charge in [-0.2, -0.15) is 0 Å². The number of carbonyl (C=O) groups excluding carboxylic acids is 1. The zero-order valence-corrected chi connectivity index (χ0v) is 15.8. The molecule has 0 aliphatic heterocycles. The first-order chi connectivity index (χ1) is 9.06. The molecule has 0 bridgehead atoms. The molecule has 0 saturated carbocycles. The molecular formula is C13H27NaO5S. The molecule has 7 heteroatoms. The van der Waals surface area contributed by atoms with E-state index in [2.05, 4.69) is 11.1 Å². The van der Waals surface area contributed by atoms with Crippen LogP contribution in [0.25, 0.3) is 0 Å². The third-order valence-corrected chi connectivity index (χ3v) is 3.18. The zero-order valence-electron chi connectivity index (χ0n) is 12.9. The standard InChI is InChI=1S/C12H26O4S.CH2O.Na/c1-2-3-4-5-6-7-8-9-10-11-12-16-17(13,14)15;1-2;/h2-12H2,1H3,(H,13,14,15);1H2;/q;;+1/p-1. The maximum absolute atomic E-state index is 10.1. The van der Waals surface area contributed by atoms with Crippen molar-refractivity contribution in [3.63, 3.8) is 0 Å². The Morgan fingerprint density at radius 2 is 1.20 bits per heavy atom. The van der Waals surface area contributed by atoms with E-state index in [-0.39, 0.29) is 36.2 Å². The summed E-state index contributed by atoms with van der Waals surface area (Å²) < 4.78 is 34.5. The summed E-state index contributed by atoms with van der Waals surface area (Å²) in [7, 11) is -4.48. The Morgan fingerprint density at radius 1 is 0.850 bits per heavy atom. The molecule has 0 aliphatic carbocycles. The van der Waals surface area contributed by atoms with Crippen molar-refractivity contribution in [1.29, 1.82) is 0 Å². The number of rotatable bonds is 12. The fourth-order valence-corrected chi connectivity index (χ4v) is 2.07. The molecule has 0 heterocycles. The summed E-state index contributed by atoms with van der Waals surface area (Å²) in [5.41, 5.74) is 0. The predicted octanol–water partition coefficient (Wildman–Crippen LogP) is 0.203. The van der Waals surface area contributed by atoms with Crippen LogP contribution in [0.2, 0.25) is 0 Å². The molecule has 0 atom stereocenters. The Bertz CT molecular complexity index is 270. The van der Waals surface area contributed by atoms with Crippen molar-refractivity contribution in [2.24, 2.45) is 0 Å². The molecule has 0 radical (unpaired) electrons. The van der Waals surface area contributed by atoms with Gasteiger partial charge in [0.25, 0.3) is 0 Å². The predicted molar refractivity (Wildman–Crippen MR) is 74.6 cm³/mol. The van der Waals surface area contributed by atoms with Crippen LogP contribution < -0.4 is 29.6 Å². The van der Waals surface area contributed by atoms with Gasteiger partial charge in [-0.15, -0.1) is 0 Å². The van der Waals surface area contributed by atoms with Gasteiger partial charge in [-0.05, 0) is 6.42 Å². The number of hydrogen-bond acceptors (Lipinski definition) is 5. The second-order valence-electron chi connectivity index (χ2n) is 4.41. The van der Waals surface area contributed by atoms with E-state index in [0.717, 1.165) is 12.8 Å². The fraction of sp³-hybridized carbons (Fsp3) is 0.923. The monoisotopic (exact) mass is 318 g/mol. The average Bonchev–Trinajstić information content (AvgIpc) is 2.37. The topological polar surface area (TPSA) is 83.5 Å². The second kappa shape index (κ2) is 19.5. The molecule has 0 amide bonds. The maximum atomic E-state index is 10.1. The molecule has 0 aliphatic rings. The van der Waals surface area contributed by atoms with Crippen LogP contribution in [0.15, 0.2) is 0 Å². The van der Waals surface area contributed by atoms with Crippen LogP contribution in [-0.4, -0.2) is 26.4 Å². The van der Waals surface area contributed by atoms with Crippen molar-refractivity contribution in [3.05, 3.63) is 0 Å². The quantitative estimate of drug-likeness (QED) is 0.222. The van der Waals surface area contributed by atoms with Crippen LogP contribution >= 0.6 is 0 Å². The van der Waals surface area contributed by atoms with Gasteiger partial charge in [0.1, 0.15) is 6.79 Å². The van der Waals surface area contributed by atoms with Crippen LogP contribution in [0.3, 0.4) is 0 Å². The molecular weight excluding hydrogens is 291 g/mol. The van der Waals surface area contributed by atoms with E-state index in [1.807, 2.05) is 6.79 Å². The molecule has 0 fully saturated rings. The van der Waals surface area contributed by atoms with Gasteiger partial charge in [0.2, 0.25) is 10.4 Å². The van der Waals surface area contributed by atoms with Gasteiger partial charge in [-0.1, -0.05) is 64.7 Å². The molecule has 0 spiro atoms. The van der Waals surface area contributed by atoms with E-state index in [1.165, 1.54) is 44.9 Å². The Hall–Kier alpha value is 0.540. The number of carbonyl (C=O) groups is 1. The van der Waals surface area contributed by atoms with Crippen molar-refractivity contribution in [2.75, 3.05) is 6.61 Å². The number of hydrogen-bond donors (Lipinski definition) is 0. The van der Waals surface area contributed by atoms with Crippen molar-refractivity contribution in [1.82, 2.24) is 0 Å². The number of unbranched alkanes of at least 4 members (excludes halogenated alkanes) is 9. The van der Waals surface area contributed by atoms with E-state index in [0.29, 0.717) is 6.42 Å². The van der Waals surface area contributed by atoms with Crippen LogP contribution in [0, 0.1) is 0 Å². The minimum Gasteiger partial charge on any atom is -0.726 e. The van der Waals surface area contributed by atoms with Crippen molar-refractivity contribution in [3.8, 4) is 0 Å². The van der Waals surface area contributed by atoms with Crippen molar-refractivity contribution in [2.45, 2.75) is 71.1 Å². The van der Waals surface area contributed by atoms with Gasteiger partial charge < -0.3 is 9.35 Å². The summed E-state index contributed by atoms with van der Waals surface area (Å²) in [5.74, 6) is 0. The molecule has 0 saturated heterocycles. The minimum absolute atomic E-state index is 0. The summed E-state index contributed by atoms with van der Waals surface area (Å²) in [5, 5.41) is 0. The van der Waals surface area contributed by atoms with Crippen molar-refractivity contribution >= 4 is 17.2 Å². The van der Waals surface area contributed by atoms with E-state index in [1.54, 1.807) is 0 Å². The Balaban J connectivity index is -0.000000916. The molecule has 20 heavy (non-hydrogen) atoms. The van der Waals surface area contributed by atoms with Gasteiger partial charge in [0, 0.05) is 0 Å². The summed E-state index contributed by atoms with van der Waals surface area (Å²) in [6, 6.07) is 0. The zero-order chi connectivity index (χ0) is 15.0. The first-order valence-electron chi connectivity index (χ1n) is 6.95. The Kier molecular flexibility index (Phi) is 24.9. The molecule has 0 aromatic carbocycles. The van der Waals surface area contributed by atoms with Crippen LogP contribution in [0.4, 0.5) is 0 Å². The Labute approximate surface area is 146 Å². The molecule has 0 aromatic heterocycles. The third-order valence-electron chi connectivity index (χ3n) is 2.73. The molecule has 0 rings (SSSR count). The molecule has 116 valence electrons. The normalized spacial score (nSPS) is 10.3. The minimum atomic E-state index is -4.48. The molecule has 0 aromatic rings. The third kappa shape index (κ3) is 27.0. The largest absolute Gasteiger partial charge is 1.00 e. The average molecular weight is 318 g/mol. The second-order valence-corrected chi connectivity index (χ2v) is 5.46. The summed E-state index contributed by atoms with van der Waals surface area (Å²) in [6.45, 7) is 4.24. The van der Waals surface area contributed by atoms with E-state index in [9.17, 15) is 13.0 Å². The summed E-state index contributed by atoms with van der Waals surface area (Å²) >= 11 is 0. The van der Waals surface area contributed by atoms with Gasteiger partial charge in [0.05, 0.1) is 6.61 Å². The van der Waals surface area contributed by atoms with Gasteiger partial charge in [-0.3, -0.25) is 4.18 Å². The van der Waals surface area contributed by atoms with E-state index < -0.39 is 10.4 Å². The van der Waals surface area contributed by atoms with Gasteiger partial charge in [0.15, 0.2) is 0 Å². The van der Waals surface area contributed by atoms with Crippen LogP contribution in [0.5, 0.6) is 0 Å². The van der Waals surface area contributed by atoms with E-state index >= 15 is 0 Å². The van der Waals surface area contributed by atoms with Crippen LogP contribution in [0.1, 0.15) is 71.1 Å². The van der Waals surface area contributed by atoms with Crippen LogP contribution in [-0.2, 0) is 19.4 Å². The first kappa shape index (κ1) is 25.5. The van der Waals surface area contributed by atoms with Gasteiger partial charge >= 0.3 is 29.6 Å². The maximum Gasteiger partial charge on any atom is 1.00 e. The summed E-state index contributed by atoms with van der Waals surface area (Å²) in [4.78, 5) is 8.00. The van der Waals surface area contributed by atoms with E-state index in [4.69, 9.17) is 4.79 Å². The first-order valence-corrected chi connectivity index (χ1v) is 8.28. The smallest absolute Gasteiger partial charge is 0.726 e. The SMILES string of the molecule is C=O.CCCCCCCCCCCCOS(=O)(=O)[O-].[Na+]. The van der Waals surface area contributed by atoms with Gasteiger partial charge in [-0.25, -0.2) is 8.42 Å². The molecule has 0 unspecified atom stereocenters. The summed E-state index contributed by atoms with van der Waals surface area (Å²) in [6.07, 6.45) is 11.7. The van der Waals surface area contributed by atoms with Crippen molar-refractivity contribution < 1.29 is 51.5 Å². The molecule has 5 nitrogen and oxygen atoms in total. The molecule has 0 N–H and O–H groups in total. The Morgan fingerprint density at radius 3 is 1.55 bits per heavy atom.